The van der Waals surface area contributed by atoms with Gasteiger partial charge in [-0.3, -0.25) is 9.59 Å². The molecule has 1 heterocycles. The number of hydrogen-bond acceptors (Lipinski definition) is 10. The van der Waals surface area contributed by atoms with Gasteiger partial charge in [0.1, 0.15) is 24.4 Å². The number of allylic oxidation sites excluding steroid dienone is 11. The Hall–Kier alpha value is -2.90. The van der Waals surface area contributed by atoms with E-state index in [1.54, 1.807) is 6.08 Å². The minimum atomic E-state index is -1.58. The number of esters is 1. The summed E-state index contributed by atoms with van der Waals surface area (Å²) in [6, 6.07) is -0.826. The van der Waals surface area contributed by atoms with Gasteiger partial charge in [0, 0.05) is 12.8 Å². The Balaban J connectivity index is 1.92. The fraction of sp³-hybridized carbons (Fsp3) is 0.829. The Morgan fingerprint density at radius 1 is 0.398 bits per heavy atom. The molecule has 6 N–H and O–H groups in total. The zero-order chi connectivity index (χ0) is 67.2. The summed E-state index contributed by atoms with van der Waals surface area (Å²) in [7, 11) is 0. The molecule has 542 valence electrons. The Morgan fingerprint density at radius 3 is 1.17 bits per heavy atom. The summed E-state index contributed by atoms with van der Waals surface area (Å²) >= 11 is 0. The van der Waals surface area contributed by atoms with Crippen molar-refractivity contribution in [2.75, 3.05) is 19.8 Å². The highest BCUT2D eigenvalue weighted by Crippen LogP contribution is 2.23. The molecule has 7 unspecified atom stereocenters. The molecule has 93 heavy (non-hydrogen) atoms. The maximum atomic E-state index is 13.1. The number of aliphatic hydroxyl groups is 5. The summed E-state index contributed by atoms with van der Waals surface area (Å²) in [6.45, 7) is 4.29. The van der Waals surface area contributed by atoms with Gasteiger partial charge in [0.05, 0.1) is 32.0 Å². The first-order valence-corrected chi connectivity index (χ1v) is 39.7. The van der Waals surface area contributed by atoms with Crippen LogP contribution >= 0.6 is 0 Å². The lowest BCUT2D eigenvalue weighted by Crippen LogP contribution is -2.60. The first-order chi connectivity index (χ1) is 45.7. The molecule has 0 bridgehead atoms. The van der Waals surface area contributed by atoms with Crippen LogP contribution < -0.4 is 5.32 Å². The van der Waals surface area contributed by atoms with E-state index in [-0.39, 0.29) is 18.5 Å². The third-order valence-electron chi connectivity index (χ3n) is 18.5. The van der Waals surface area contributed by atoms with Crippen LogP contribution in [0.1, 0.15) is 373 Å². The number of carbonyl (C=O) groups is 2. The summed E-state index contributed by atoms with van der Waals surface area (Å²) < 4.78 is 16.7. The molecule has 0 radical (unpaired) electrons. The average Bonchev–Trinajstić information content (AvgIpc) is 0.985. The van der Waals surface area contributed by atoms with Crippen molar-refractivity contribution >= 4 is 11.9 Å². The SMILES string of the molecule is CCC/C=C\C/C=C\CCCCCCCC(=O)OCCCCCCCCCCCCCCCCC/C=C\C/C=C\CCCCCCCCCCCCCCCCCCCC(=O)NC(COC1OC(CO)C(O)C(O)C1O)C(O)/C=C/CC/C=C/CCCCCCCCC. The number of unbranched alkanes of at least 4 members (excludes halogenated alkanes) is 46. The molecular weight excluding hydrogens is 1160 g/mol. The van der Waals surface area contributed by atoms with Gasteiger partial charge in [-0.2, -0.15) is 0 Å². The monoisotopic (exact) mass is 1310 g/mol. The maximum absolute atomic E-state index is 13.1. The summed E-state index contributed by atoms with van der Waals surface area (Å²) in [5, 5.41) is 54.5. The van der Waals surface area contributed by atoms with Gasteiger partial charge in [-0.25, -0.2) is 0 Å². The normalized spacial score (nSPS) is 17.9. The van der Waals surface area contributed by atoms with Crippen LogP contribution in [0.15, 0.2) is 72.9 Å². The van der Waals surface area contributed by atoms with Crippen LogP contribution in [0.4, 0.5) is 0 Å². The van der Waals surface area contributed by atoms with Crippen molar-refractivity contribution in [3.63, 3.8) is 0 Å². The van der Waals surface area contributed by atoms with Gasteiger partial charge in [0.25, 0.3) is 0 Å². The number of ether oxygens (including phenoxy) is 3. The van der Waals surface area contributed by atoms with Crippen LogP contribution in [0.5, 0.6) is 0 Å². The molecule has 1 saturated heterocycles. The van der Waals surface area contributed by atoms with E-state index < -0.39 is 49.5 Å². The average molecular weight is 1310 g/mol. The van der Waals surface area contributed by atoms with E-state index in [1.807, 2.05) is 6.08 Å². The van der Waals surface area contributed by atoms with E-state index in [4.69, 9.17) is 14.2 Å². The molecule has 0 aromatic heterocycles. The second-order valence-electron chi connectivity index (χ2n) is 27.4. The highest BCUT2D eigenvalue weighted by atomic mass is 16.7. The van der Waals surface area contributed by atoms with Gasteiger partial charge in [0.15, 0.2) is 6.29 Å². The molecule has 0 saturated carbocycles. The lowest BCUT2D eigenvalue weighted by Gasteiger charge is -2.40. The van der Waals surface area contributed by atoms with Crippen LogP contribution in [-0.2, 0) is 23.8 Å². The number of nitrogens with one attached hydrogen (secondary N) is 1. The van der Waals surface area contributed by atoms with Crippen molar-refractivity contribution in [2.24, 2.45) is 0 Å². The van der Waals surface area contributed by atoms with Crippen molar-refractivity contribution in [3.8, 4) is 0 Å². The molecule has 1 amide bonds. The van der Waals surface area contributed by atoms with E-state index in [1.165, 1.54) is 276 Å². The summed E-state index contributed by atoms with van der Waals surface area (Å²) in [6.07, 6.45) is 86.5. The standard InChI is InChI=1S/C82H149NO10/c1-3-5-7-9-11-13-15-44-48-52-56-60-64-68-75(85)74(73-92-82-81(90)80(89)79(88)76(72-84)93-82)83-77(86)69-65-61-57-53-49-46-42-40-38-36-34-32-30-28-26-24-22-20-18-17-19-21-23-25-27-29-31-33-35-37-39-41-43-47-51-55-59-63-67-71-91-78(87)70-66-62-58-54-50-45-16-14-12-10-8-6-4-2/h8,10,14,16-18,21,23,48,52,64,68,74-76,79-82,84-85,88-90H,3-7,9,11-13,15,19-20,22,24-47,49-51,53-63,65-67,69-73H2,1-2H3,(H,83,86)/b10-8-,16-14-,18-17-,23-21-,52-48+,68-64+. The second kappa shape index (κ2) is 70.4. The van der Waals surface area contributed by atoms with Crippen LogP contribution in [0, 0.1) is 0 Å². The Bertz CT molecular complexity index is 1780. The highest BCUT2D eigenvalue weighted by Gasteiger charge is 2.44. The molecule has 0 spiro atoms. The van der Waals surface area contributed by atoms with Crippen molar-refractivity contribution in [3.05, 3.63) is 72.9 Å². The molecule has 1 aliphatic heterocycles. The smallest absolute Gasteiger partial charge is 0.305 e. The molecule has 1 fully saturated rings. The molecule has 0 aromatic carbocycles. The summed E-state index contributed by atoms with van der Waals surface area (Å²) in [5.74, 6) is -0.189. The van der Waals surface area contributed by atoms with Gasteiger partial charge in [-0.05, 0) is 103 Å². The van der Waals surface area contributed by atoms with E-state index in [0.717, 1.165) is 70.6 Å². The Kier molecular flexibility index (Phi) is 66.7. The van der Waals surface area contributed by atoms with E-state index in [9.17, 15) is 35.1 Å². The van der Waals surface area contributed by atoms with Crippen molar-refractivity contribution in [1.29, 1.82) is 0 Å². The fourth-order valence-corrected chi connectivity index (χ4v) is 12.3. The number of carbonyl (C=O) groups excluding carboxylic acids is 2. The quantitative estimate of drug-likeness (QED) is 0.0195. The molecule has 1 rings (SSSR count). The maximum Gasteiger partial charge on any atom is 0.305 e. The summed E-state index contributed by atoms with van der Waals surface area (Å²) in [4.78, 5) is 25.1. The minimum Gasteiger partial charge on any atom is -0.466 e. The third kappa shape index (κ3) is 58.9. The van der Waals surface area contributed by atoms with Gasteiger partial charge in [0.2, 0.25) is 5.91 Å². The molecule has 0 aromatic rings. The van der Waals surface area contributed by atoms with Crippen LogP contribution in [0.25, 0.3) is 0 Å². The van der Waals surface area contributed by atoms with Crippen molar-refractivity contribution in [1.82, 2.24) is 5.32 Å². The van der Waals surface area contributed by atoms with Crippen LogP contribution in [0.3, 0.4) is 0 Å². The zero-order valence-corrected chi connectivity index (χ0v) is 60.5. The van der Waals surface area contributed by atoms with Crippen molar-refractivity contribution in [2.45, 2.75) is 416 Å². The molecular formula is C82H149NO10. The lowest BCUT2D eigenvalue weighted by molar-refractivity contribution is -0.302. The summed E-state index contributed by atoms with van der Waals surface area (Å²) in [5.41, 5.74) is 0. The van der Waals surface area contributed by atoms with Crippen LogP contribution in [0.2, 0.25) is 0 Å². The van der Waals surface area contributed by atoms with E-state index in [2.05, 4.69) is 79.9 Å². The third-order valence-corrected chi connectivity index (χ3v) is 18.5. The largest absolute Gasteiger partial charge is 0.466 e. The van der Waals surface area contributed by atoms with E-state index >= 15 is 0 Å². The van der Waals surface area contributed by atoms with Gasteiger partial charge >= 0.3 is 5.97 Å². The molecule has 7 atom stereocenters. The van der Waals surface area contributed by atoms with E-state index in [0.29, 0.717) is 19.4 Å². The Morgan fingerprint density at radius 2 is 0.753 bits per heavy atom. The van der Waals surface area contributed by atoms with Gasteiger partial charge < -0.3 is 45.1 Å². The van der Waals surface area contributed by atoms with Crippen molar-refractivity contribution < 1.29 is 49.3 Å². The fourth-order valence-electron chi connectivity index (χ4n) is 12.3. The molecule has 1 aliphatic rings. The van der Waals surface area contributed by atoms with Gasteiger partial charge in [-0.1, -0.05) is 331 Å². The lowest BCUT2D eigenvalue weighted by atomic mass is 9.99. The second-order valence-corrected chi connectivity index (χ2v) is 27.4. The molecule has 11 nitrogen and oxygen atoms in total. The predicted molar refractivity (Wildman–Crippen MR) is 393 cm³/mol. The number of rotatable bonds is 70. The Labute approximate surface area is 572 Å². The van der Waals surface area contributed by atoms with Gasteiger partial charge in [-0.15, -0.1) is 0 Å². The zero-order valence-electron chi connectivity index (χ0n) is 60.5. The first-order valence-electron chi connectivity index (χ1n) is 39.7. The molecule has 0 aliphatic carbocycles. The topological polar surface area (TPSA) is 175 Å². The number of aliphatic hydroxyl groups excluding tert-OH is 5. The number of hydrogen-bond donors (Lipinski definition) is 6. The first kappa shape index (κ1) is 88.1. The van der Waals surface area contributed by atoms with Crippen LogP contribution in [-0.4, -0.2) is 100 Å². The highest BCUT2D eigenvalue weighted by molar-refractivity contribution is 5.76. The minimum absolute atomic E-state index is 0.00116. The number of amides is 1. The predicted octanol–water partition coefficient (Wildman–Crippen LogP) is 21.4. The molecule has 11 heteroatoms.